The van der Waals surface area contributed by atoms with Gasteiger partial charge in [-0.15, -0.1) is 0 Å². The van der Waals surface area contributed by atoms with Gasteiger partial charge in [-0.1, -0.05) is 5.16 Å². The second-order valence-corrected chi connectivity index (χ2v) is 7.78. The van der Waals surface area contributed by atoms with Crippen molar-refractivity contribution in [2.24, 2.45) is 0 Å². The van der Waals surface area contributed by atoms with E-state index in [2.05, 4.69) is 35.5 Å². The summed E-state index contributed by atoms with van der Waals surface area (Å²) in [6.07, 6.45) is 3.63. The summed E-state index contributed by atoms with van der Waals surface area (Å²) in [5.74, 6) is 3.35. The number of methoxy groups -OCH3 is 1. The molecule has 0 unspecified atom stereocenters. The van der Waals surface area contributed by atoms with E-state index in [0.717, 1.165) is 47.9 Å². The third-order valence-electron chi connectivity index (χ3n) is 5.41. The number of H-pyrrole nitrogens is 1. The Labute approximate surface area is 185 Å². The van der Waals surface area contributed by atoms with Gasteiger partial charge in [0.2, 0.25) is 11.8 Å². The van der Waals surface area contributed by atoms with Crippen molar-refractivity contribution >= 4 is 17.6 Å². The minimum atomic E-state index is 0.00111. The average Bonchev–Trinajstić information content (AvgIpc) is 3.54. The fourth-order valence-electron chi connectivity index (χ4n) is 3.98. The summed E-state index contributed by atoms with van der Waals surface area (Å²) in [6.45, 7) is 4.75. The Morgan fingerprint density at radius 1 is 1.19 bits per heavy atom. The topological polar surface area (TPSA) is 118 Å². The van der Waals surface area contributed by atoms with Gasteiger partial charge in [0.15, 0.2) is 11.6 Å². The van der Waals surface area contributed by atoms with E-state index in [4.69, 9.17) is 14.2 Å². The van der Waals surface area contributed by atoms with Crippen LogP contribution in [0.15, 0.2) is 41.1 Å². The van der Waals surface area contributed by atoms with Crippen molar-refractivity contribution in [3.8, 4) is 17.1 Å². The minimum Gasteiger partial charge on any atom is -0.481 e. The van der Waals surface area contributed by atoms with E-state index < -0.39 is 0 Å². The molecule has 0 aromatic carbocycles. The van der Waals surface area contributed by atoms with Crippen LogP contribution in [0.3, 0.4) is 0 Å². The molecular weight excluding hydrogens is 408 g/mol. The van der Waals surface area contributed by atoms with Gasteiger partial charge in [-0.2, -0.15) is 10.1 Å². The molecule has 0 spiro atoms. The molecule has 0 aliphatic carbocycles. The zero-order valence-corrected chi connectivity index (χ0v) is 18.2. The number of nitrogens with one attached hydrogen (secondary N) is 2. The van der Waals surface area contributed by atoms with Gasteiger partial charge in [-0.25, -0.2) is 9.97 Å². The maximum atomic E-state index is 5.75. The predicted octanol–water partition coefficient (Wildman–Crippen LogP) is 3.96. The van der Waals surface area contributed by atoms with E-state index in [9.17, 15) is 0 Å². The summed E-state index contributed by atoms with van der Waals surface area (Å²) < 4.78 is 11.1. The van der Waals surface area contributed by atoms with Crippen molar-refractivity contribution < 1.29 is 9.26 Å². The lowest BCUT2D eigenvalue weighted by atomic mass is 10.1. The first-order chi connectivity index (χ1) is 15.6. The SMILES string of the molecule is COc1ncccc1-c1cc([C@@H]2CCCN2c2nc(C)cc(Nc3cc(C)[nH]n3)n2)on1. The first-order valence-electron chi connectivity index (χ1n) is 10.5. The van der Waals surface area contributed by atoms with Gasteiger partial charge < -0.3 is 19.5 Å². The van der Waals surface area contributed by atoms with Gasteiger partial charge in [0.05, 0.1) is 18.7 Å². The summed E-state index contributed by atoms with van der Waals surface area (Å²) >= 11 is 0. The van der Waals surface area contributed by atoms with Gasteiger partial charge in [0.1, 0.15) is 11.5 Å². The lowest BCUT2D eigenvalue weighted by molar-refractivity contribution is 0.361. The fourth-order valence-corrected chi connectivity index (χ4v) is 3.98. The second kappa shape index (κ2) is 8.29. The number of aryl methyl sites for hydroxylation is 2. The van der Waals surface area contributed by atoms with Gasteiger partial charge in [0, 0.05) is 42.3 Å². The first kappa shape index (κ1) is 20.0. The quantitative estimate of drug-likeness (QED) is 0.467. The first-order valence-corrected chi connectivity index (χ1v) is 10.5. The second-order valence-electron chi connectivity index (χ2n) is 7.78. The monoisotopic (exact) mass is 432 g/mol. The summed E-state index contributed by atoms with van der Waals surface area (Å²) in [6, 6.07) is 9.55. The molecule has 10 nitrogen and oxygen atoms in total. The Bertz CT molecular complexity index is 1230. The van der Waals surface area contributed by atoms with Crippen LogP contribution in [0.4, 0.5) is 17.6 Å². The number of ether oxygens (including phenoxy) is 1. The molecule has 1 fully saturated rings. The number of hydrogen-bond donors (Lipinski definition) is 2. The molecular formula is C22H24N8O2. The van der Waals surface area contributed by atoms with Crippen LogP contribution in [0.1, 0.15) is 36.0 Å². The Hall–Kier alpha value is -3.95. The van der Waals surface area contributed by atoms with E-state index in [1.54, 1.807) is 13.3 Å². The zero-order chi connectivity index (χ0) is 22.1. The number of aromatic amines is 1. The van der Waals surface area contributed by atoms with Gasteiger partial charge in [-0.05, 0) is 38.8 Å². The van der Waals surface area contributed by atoms with E-state index in [-0.39, 0.29) is 6.04 Å². The summed E-state index contributed by atoms with van der Waals surface area (Å²) in [5.41, 5.74) is 3.33. The molecule has 4 aromatic heterocycles. The largest absolute Gasteiger partial charge is 0.481 e. The molecule has 0 amide bonds. The standard InChI is InChI=1S/C22H24N8O2/c1-13-10-19(25-20-11-14(2)27-28-20)26-22(24-13)30-9-5-7-17(30)18-12-16(29-32-18)15-6-4-8-23-21(15)31-3/h4,6,8,10-12,17H,5,7,9H2,1-3H3,(H2,24,25,26,27,28)/t17-/m0/s1. The van der Waals surface area contributed by atoms with Crippen LogP contribution in [0.5, 0.6) is 5.88 Å². The highest BCUT2D eigenvalue weighted by molar-refractivity contribution is 5.65. The van der Waals surface area contributed by atoms with E-state index in [1.807, 2.05) is 44.2 Å². The van der Waals surface area contributed by atoms with E-state index >= 15 is 0 Å². The van der Waals surface area contributed by atoms with Crippen molar-refractivity contribution in [2.75, 3.05) is 23.9 Å². The normalized spacial score (nSPS) is 15.8. The van der Waals surface area contributed by atoms with Crippen molar-refractivity contribution in [1.82, 2.24) is 30.3 Å². The summed E-state index contributed by atoms with van der Waals surface area (Å²) in [5, 5.41) is 14.7. The third-order valence-corrected chi connectivity index (χ3v) is 5.41. The van der Waals surface area contributed by atoms with Crippen LogP contribution in [-0.2, 0) is 0 Å². The Morgan fingerprint density at radius 2 is 2.09 bits per heavy atom. The fraction of sp³-hybridized carbons (Fsp3) is 0.318. The van der Waals surface area contributed by atoms with Crippen LogP contribution < -0.4 is 15.0 Å². The van der Waals surface area contributed by atoms with E-state index in [0.29, 0.717) is 23.3 Å². The molecule has 1 aliphatic heterocycles. The lowest BCUT2D eigenvalue weighted by Crippen LogP contribution is -2.25. The molecule has 1 atom stereocenters. The molecule has 0 saturated carbocycles. The molecule has 0 radical (unpaired) electrons. The van der Waals surface area contributed by atoms with Gasteiger partial charge >= 0.3 is 0 Å². The van der Waals surface area contributed by atoms with Crippen LogP contribution in [-0.4, -0.2) is 44.0 Å². The Kier molecular flexibility index (Phi) is 5.18. The Morgan fingerprint density at radius 3 is 2.91 bits per heavy atom. The lowest BCUT2D eigenvalue weighted by Gasteiger charge is -2.23. The zero-order valence-electron chi connectivity index (χ0n) is 18.2. The number of nitrogens with zero attached hydrogens (tertiary/aromatic N) is 6. The van der Waals surface area contributed by atoms with Crippen molar-refractivity contribution in [3.05, 3.63) is 53.7 Å². The van der Waals surface area contributed by atoms with E-state index in [1.165, 1.54) is 0 Å². The smallest absolute Gasteiger partial charge is 0.228 e. The Balaban J connectivity index is 1.42. The molecule has 164 valence electrons. The average molecular weight is 432 g/mol. The molecule has 1 aliphatic rings. The highest BCUT2D eigenvalue weighted by atomic mass is 16.5. The van der Waals surface area contributed by atoms with Gasteiger partial charge in [0.25, 0.3) is 0 Å². The molecule has 2 N–H and O–H groups in total. The molecule has 4 aromatic rings. The third kappa shape index (κ3) is 3.86. The highest BCUT2D eigenvalue weighted by Crippen LogP contribution is 2.37. The molecule has 0 bridgehead atoms. The summed E-state index contributed by atoms with van der Waals surface area (Å²) in [7, 11) is 1.59. The number of hydrogen-bond acceptors (Lipinski definition) is 9. The van der Waals surface area contributed by atoms with Crippen LogP contribution in [0.25, 0.3) is 11.3 Å². The van der Waals surface area contributed by atoms with Crippen molar-refractivity contribution in [3.63, 3.8) is 0 Å². The van der Waals surface area contributed by atoms with Crippen LogP contribution >= 0.6 is 0 Å². The summed E-state index contributed by atoms with van der Waals surface area (Å²) in [4.78, 5) is 15.8. The van der Waals surface area contributed by atoms with Crippen LogP contribution in [0, 0.1) is 13.8 Å². The predicted molar refractivity (Wildman–Crippen MR) is 119 cm³/mol. The highest BCUT2D eigenvalue weighted by Gasteiger charge is 2.32. The molecule has 5 heterocycles. The maximum Gasteiger partial charge on any atom is 0.228 e. The molecule has 1 saturated heterocycles. The number of pyridine rings is 1. The molecule has 32 heavy (non-hydrogen) atoms. The maximum absolute atomic E-state index is 5.75. The number of rotatable bonds is 6. The van der Waals surface area contributed by atoms with Crippen LogP contribution in [0.2, 0.25) is 0 Å². The van der Waals surface area contributed by atoms with Crippen molar-refractivity contribution in [2.45, 2.75) is 32.7 Å². The minimum absolute atomic E-state index is 0.00111. The molecule has 5 rings (SSSR count). The number of anilines is 3. The van der Waals surface area contributed by atoms with Crippen molar-refractivity contribution in [1.29, 1.82) is 0 Å². The molecule has 10 heteroatoms. The number of aromatic nitrogens is 6. The van der Waals surface area contributed by atoms with Gasteiger partial charge in [-0.3, -0.25) is 5.10 Å².